The Morgan fingerprint density at radius 1 is 1.42 bits per heavy atom. The first kappa shape index (κ1) is 14.8. The Bertz CT molecular complexity index is 329. The van der Waals surface area contributed by atoms with Gasteiger partial charge in [0.25, 0.3) is 0 Å². The summed E-state index contributed by atoms with van der Waals surface area (Å²) in [5.74, 6) is 0.560. The zero-order valence-electron chi connectivity index (χ0n) is 12.4. The molecule has 1 saturated heterocycles. The number of morpholine rings is 1. The Hall–Kier alpha value is -0.610. The molecule has 19 heavy (non-hydrogen) atoms. The number of amides is 1. The van der Waals surface area contributed by atoms with Gasteiger partial charge in [0.05, 0.1) is 12.7 Å². The van der Waals surface area contributed by atoms with Crippen molar-refractivity contribution in [1.29, 1.82) is 0 Å². The lowest BCUT2D eigenvalue weighted by atomic mass is 9.66. The number of aliphatic hydroxyl groups is 1. The van der Waals surface area contributed by atoms with Crippen molar-refractivity contribution in [2.45, 2.75) is 58.6 Å². The molecule has 1 amide bonds. The molecule has 3 atom stereocenters. The summed E-state index contributed by atoms with van der Waals surface area (Å²) >= 11 is 0. The maximum atomic E-state index is 12.1. The number of hydrogen-bond donors (Lipinski definition) is 1. The van der Waals surface area contributed by atoms with Gasteiger partial charge in [-0.15, -0.1) is 0 Å². The SMILES string of the molecule is CCC(C)(C)C1CCC(O)CC1N1CCOCC1=O. The van der Waals surface area contributed by atoms with Crippen molar-refractivity contribution in [3.05, 3.63) is 0 Å². The lowest BCUT2D eigenvalue weighted by Crippen LogP contribution is -2.55. The number of carbonyl (C=O) groups excluding carboxylic acids is 1. The van der Waals surface area contributed by atoms with E-state index in [1.165, 1.54) is 0 Å². The minimum absolute atomic E-state index is 0.0854. The molecule has 2 fully saturated rings. The summed E-state index contributed by atoms with van der Waals surface area (Å²) < 4.78 is 5.22. The highest BCUT2D eigenvalue weighted by Crippen LogP contribution is 2.42. The highest BCUT2D eigenvalue weighted by Gasteiger charge is 2.43. The van der Waals surface area contributed by atoms with Gasteiger partial charge < -0.3 is 14.7 Å². The molecular weight excluding hydrogens is 242 g/mol. The van der Waals surface area contributed by atoms with E-state index >= 15 is 0 Å². The van der Waals surface area contributed by atoms with E-state index < -0.39 is 0 Å². The van der Waals surface area contributed by atoms with Crippen molar-refractivity contribution in [3.8, 4) is 0 Å². The molecule has 1 heterocycles. The summed E-state index contributed by atoms with van der Waals surface area (Å²) in [6.45, 7) is 8.28. The molecule has 0 spiro atoms. The van der Waals surface area contributed by atoms with Gasteiger partial charge in [-0.2, -0.15) is 0 Å². The predicted octanol–water partition coefficient (Wildman–Crippen LogP) is 1.81. The van der Waals surface area contributed by atoms with Crippen LogP contribution in [-0.2, 0) is 9.53 Å². The zero-order valence-corrected chi connectivity index (χ0v) is 12.4. The van der Waals surface area contributed by atoms with Gasteiger partial charge in [-0.3, -0.25) is 4.79 Å². The summed E-state index contributed by atoms with van der Waals surface area (Å²) in [4.78, 5) is 14.0. The summed E-state index contributed by atoms with van der Waals surface area (Å²) in [5, 5.41) is 9.98. The van der Waals surface area contributed by atoms with Crippen LogP contribution >= 0.6 is 0 Å². The average molecular weight is 269 g/mol. The van der Waals surface area contributed by atoms with Crippen molar-refractivity contribution >= 4 is 5.91 Å². The van der Waals surface area contributed by atoms with Crippen molar-refractivity contribution < 1.29 is 14.6 Å². The fourth-order valence-corrected chi connectivity index (χ4v) is 3.52. The minimum Gasteiger partial charge on any atom is -0.393 e. The lowest BCUT2D eigenvalue weighted by molar-refractivity contribution is -0.151. The monoisotopic (exact) mass is 269 g/mol. The second-order valence-electron chi connectivity index (χ2n) is 6.62. The van der Waals surface area contributed by atoms with Crippen molar-refractivity contribution in [3.63, 3.8) is 0 Å². The van der Waals surface area contributed by atoms with Crippen LogP contribution in [0.3, 0.4) is 0 Å². The molecule has 1 N–H and O–H groups in total. The van der Waals surface area contributed by atoms with E-state index in [2.05, 4.69) is 20.8 Å². The summed E-state index contributed by atoms with van der Waals surface area (Å²) in [7, 11) is 0. The maximum absolute atomic E-state index is 12.1. The van der Waals surface area contributed by atoms with Crippen molar-refractivity contribution in [2.24, 2.45) is 11.3 Å². The van der Waals surface area contributed by atoms with Crippen molar-refractivity contribution in [1.82, 2.24) is 4.90 Å². The van der Waals surface area contributed by atoms with Crippen molar-refractivity contribution in [2.75, 3.05) is 19.8 Å². The first-order valence-corrected chi connectivity index (χ1v) is 7.51. The standard InChI is InChI=1S/C15H27NO3/c1-4-15(2,3)12-6-5-11(17)9-13(12)16-7-8-19-10-14(16)18/h11-13,17H,4-10H2,1-3H3. The van der Waals surface area contributed by atoms with Crippen LogP contribution in [0.15, 0.2) is 0 Å². The third-order valence-corrected chi connectivity index (χ3v) is 5.13. The van der Waals surface area contributed by atoms with E-state index in [0.29, 0.717) is 19.1 Å². The first-order valence-electron chi connectivity index (χ1n) is 7.51. The number of rotatable bonds is 3. The van der Waals surface area contributed by atoms with Gasteiger partial charge >= 0.3 is 0 Å². The number of hydrogen-bond acceptors (Lipinski definition) is 3. The van der Waals surface area contributed by atoms with Gasteiger partial charge in [-0.25, -0.2) is 0 Å². The van der Waals surface area contributed by atoms with Crippen LogP contribution in [0.5, 0.6) is 0 Å². The molecule has 3 unspecified atom stereocenters. The Labute approximate surface area is 116 Å². The topological polar surface area (TPSA) is 49.8 Å². The maximum Gasteiger partial charge on any atom is 0.248 e. The highest BCUT2D eigenvalue weighted by molar-refractivity contribution is 5.78. The normalized spacial score (nSPS) is 33.6. The third-order valence-electron chi connectivity index (χ3n) is 5.13. The van der Waals surface area contributed by atoms with Crippen LogP contribution in [0.2, 0.25) is 0 Å². The van der Waals surface area contributed by atoms with Gasteiger partial charge in [0.2, 0.25) is 5.91 Å². The molecule has 110 valence electrons. The first-order chi connectivity index (χ1) is 8.95. The molecule has 0 aromatic carbocycles. The molecular formula is C15H27NO3. The van der Waals surface area contributed by atoms with Gasteiger partial charge in [0, 0.05) is 12.6 Å². The zero-order chi connectivity index (χ0) is 14.0. The number of nitrogens with zero attached hydrogens (tertiary/aromatic N) is 1. The number of carbonyl (C=O) groups is 1. The fraction of sp³-hybridized carbons (Fsp3) is 0.933. The molecule has 4 nitrogen and oxygen atoms in total. The summed E-state index contributed by atoms with van der Waals surface area (Å²) in [6.07, 6.45) is 3.44. The largest absolute Gasteiger partial charge is 0.393 e. The Balaban J connectivity index is 2.18. The highest BCUT2D eigenvalue weighted by atomic mass is 16.5. The predicted molar refractivity (Wildman–Crippen MR) is 73.7 cm³/mol. The van der Waals surface area contributed by atoms with E-state index in [1.54, 1.807) is 0 Å². The van der Waals surface area contributed by atoms with Crippen LogP contribution < -0.4 is 0 Å². The Morgan fingerprint density at radius 2 is 2.16 bits per heavy atom. The van der Waals surface area contributed by atoms with E-state index in [1.807, 2.05) is 4.90 Å². The molecule has 1 aliphatic carbocycles. The van der Waals surface area contributed by atoms with Crippen LogP contribution in [-0.4, -0.2) is 47.8 Å². The average Bonchev–Trinajstić information content (AvgIpc) is 2.39. The van der Waals surface area contributed by atoms with Crippen LogP contribution in [0.4, 0.5) is 0 Å². The second-order valence-corrected chi connectivity index (χ2v) is 6.62. The smallest absolute Gasteiger partial charge is 0.248 e. The van der Waals surface area contributed by atoms with Gasteiger partial charge in [-0.05, 0) is 30.6 Å². The fourth-order valence-electron chi connectivity index (χ4n) is 3.52. The van der Waals surface area contributed by atoms with Crippen LogP contribution in [0.25, 0.3) is 0 Å². The van der Waals surface area contributed by atoms with Crippen LogP contribution in [0, 0.1) is 11.3 Å². The van der Waals surface area contributed by atoms with Gasteiger partial charge in [0.1, 0.15) is 6.61 Å². The molecule has 0 aromatic rings. The molecule has 2 rings (SSSR count). The van der Waals surface area contributed by atoms with E-state index in [0.717, 1.165) is 25.7 Å². The molecule has 2 aliphatic rings. The molecule has 4 heteroatoms. The lowest BCUT2D eigenvalue weighted by Gasteiger charge is -2.48. The van der Waals surface area contributed by atoms with Gasteiger partial charge in [0.15, 0.2) is 0 Å². The molecule has 0 radical (unpaired) electrons. The third kappa shape index (κ3) is 3.11. The number of ether oxygens (including phenoxy) is 1. The van der Waals surface area contributed by atoms with Crippen LogP contribution in [0.1, 0.15) is 46.5 Å². The Morgan fingerprint density at radius 3 is 2.79 bits per heavy atom. The van der Waals surface area contributed by atoms with Gasteiger partial charge in [-0.1, -0.05) is 27.2 Å². The summed E-state index contributed by atoms with van der Waals surface area (Å²) in [6, 6.07) is 0.176. The molecule has 1 saturated carbocycles. The van der Waals surface area contributed by atoms with E-state index in [4.69, 9.17) is 4.74 Å². The Kier molecular flexibility index (Phi) is 4.51. The van der Waals surface area contributed by atoms with E-state index in [9.17, 15) is 9.90 Å². The molecule has 0 aromatic heterocycles. The quantitative estimate of drug-likeness (QED) is 0.850. The second kappa shape index (κ2) is 5.80. The van der Waals surface area contributed by atoms with E-state index in [-0.39, 0.29) is 30.1 Å². The molecule has 1 aliphatic heterocycles. The molecule has 0 bridgehead atoms. The number of aliphatic hydroxyl groups excluding tert-OH is 1. The summed E-state index contributed by atoms with van der Waals surface area (Å²) in [5.41, 5.74) is 0.212. The minimum atomic E-state index is -0.260.